The molecule has 3 rings (SSSR count). The van der Waals surface area contributed by atoms with Gasteiger partial charge in [0.15, 0.2) is 0 Å². The summed E-state index contributed by atoms with van der Waals surface area (Å²) in [5.74, 6) is 0.564. The van der Waals surface area contributed by atoms with Crippen LogP contribution in [-0.2, 0) is 0 Å². The van der Waals surface area contributed by atoms with E-state index in [0.717, 1.165) is 16.7 Å². The second-order valence-electron chi connectivity index (χ2n) is 6.28. The predicted octanol–water partition coefficient (Wildman–Crippen LogP) is 5.22. The summed E-state index contributed by atoms with van der Waals surface area (Å²) in [6, 6.07) is 12.2. The van der Waals surface area contributed by atoms with Crippen molar-refractivity contribution < 1.29 is 13.5 Å². The molecule has 0 aliphatic carbocycles. The molecule has 0 saturated carbocycles. The number of benzene rings is 2. The summed E-state index contributed by atoms with van der Waals surface area (Å²) >= 11 is 0. The average Bonchev–Trinajstić information content (AvgIpc) is 2.70. The summed E-state index contributed by atoms with van der Waals surface area (Å²) in [5.41, 5.74) is 4.49. The van der Waals surface area contributed by atoms with Gasteiger partial charge in [-0.1, -0.05) is 30.8 Å². The molecule has 3 aromatic rings. The monoisotopic (exact) mass is 394 g/mol. The fourth-order valence-corrected chi connectivity index (χ4v) is 2.69. The van der Waals surface area contributed by atoms with E-state index in [4.69, 9.17) is 0 Å². The van der Waals surface area contributed by atoms with Gasteiger partial charge in [-0.25, -0.2) is 4.99 Å². The topological polar surface area (TPSA) is 59.4 Å². The Hall–Kier alpha value is -3.61. The van der Waals surface area contributed by atoms with Crippen molar-refractivity contribution in [2.75, 3.05) is 5.32 Å². The number of anilines is 1. The average molecular weight is 394 g/mol. The molecule has 0 spiro atoms. The molecule has 0 aliphatic rings. The van der Waals surface area contributed by atoms with Crippen molar-refractivity contribution >= 4 is 17.2 Å². The Labute approximate surface area is 167 Å². The molecule has 1 aromatic heterocycles. The zero-order valence-corrected chi connectivity index (χ0v) is 16.1. The minimum absolute atomic E-state index is 0.0538. The standard InChI is InChI=1S/C22H20F2N4O/c1-14-6-4-9-19(15(14)2)21(27-16(3)20-13-25-10-11-26-20)28-17-7-5-8-18(12-17)29-22(23)24/h4-13,22H,3H2,1-2H3,(H,27,28). The van der Waals surface area contributed by atoms with Crippen molar-refractivity contribution in [2.24, 2.45) is 4.99 Å². The number of nitrogens with zero attached hydrogens (tertiary/aromatic N) is 3. The number of alkyl halides is 2. The highest BCUT2D eigenvalue weighted by Crippen LogP contribution is 2.23. The van der Waals surface area contributed by atoms with E-state index in [1.165, 1.54) is 12.1 Å². The van der Waals surface area contributed by atoms with E-state index < -0.39 is 6.61 Å². The van der Waals surface area contributed by atoms with Crippen LogP contribution in [0.25, 0.3) is 5.70 Å². The zero-order chi connectivity index (χ0) is 20.8. The fraction of sp³-hybridized carbons (Fsp3) is 0.136. The molecule has 0 unspecified atom stereocenters. The number of hydrogen-bond donors (Lipinski definition) is 1. The van der Waals surface area contributed by atoms with E-state index in [9.17, 15) is 8.78 Å². The molecule has 0 fully saturated rings. The Bertz CT molecular complexity index is 1040. The van der Waals surface area contributed by atoms with Gasteiger partial charge < -0.3 is 10.1 Å². The van der Waals surface area contributed by atoms with Crippen molar-refractivity contribution in [1.82, 2.24) is 9.97 Å². The first-order chi connectivity index (χ1) is 13.9. The highest BCUT2D eigenvalue weighted by Gasteiger charge is 2.12. The van der Waals surface area contributed by atoms with Crippen LogP contribution in [0.15, 0.2) is 72.6 Å². The number of nitrogens with one attached hydrogen (secondary N) is 1. The summed E-state index contributed by atoms with van der Waals surface area (Å²) in [6.45, 7) is 5.09. The third-order valence-electron chi connectivity index (χ3n) is 4.29. The van der Waals surface area contributed by atoms with Crippen molar-refractivity contribution in [2.45, 2.75) is 20.5 Å². The van der Waals surface area contributed by atoms with Crippen molar-refractivity contribution in [3.63, 3.8) is 0 Å². The number of aliphatic imine (C=N–C) groups is 1. The molecule has 1 N–H and O–H groups in total. The minimum atomic E-state index is -2.89. The molecule has 0 radical (unpaired) electrons. The Kier molecular flexibility index (Phi) is 6.29. The Morgan fingerprint density at radius 2 is 1.93 bits per heavy atom. The van der Waals surface area contributed by atoms with Crippen LogP contribution in [0.1, 0.15) is 22.4 Å². The quantitative estimate of drug-likeness (QED) is 0.460. The fourth-order valence-electron chi connectivity index (χ4n) is 2.69. The van der Waals surface area contributed by atoms with Crippen LogP contribution in [0.5, 0.6) is 5.75 Å². The maximum Gasteiger partial charge on any atom is 0.387 e. The van der Waals surface area contributed by atoms with Crippen molar-refractivity contribution in [3.8, 4) is 5.75 Å². The molecule has 0 amide bonds. The van der Waals surface area contributed by atoms with Crippen LogP contribution in [0.3, 0.4) is 0 Å². The second kappa shape index (κ2) is 9.05. The summed E-state index contributed by atoms with van der Waals surface area (Å²) in [4.78, 5) is 12.9. The van der Waals surface area contributed by atoms with Crippen LogP contribution in [0.2, 0.25) is 0 Å². The maximum atomic E-state index is 12.5. The van der Waals surface area contributed by atoms with Crippen LogP contribution in [0, 0.1) is 13.8 Å². The molecule has 0 atom stereocenters. The SMILES string of the molecule is C=C(N=C(Nc1cccc(OC(F)F)c1)c1cccc(C)c1C)c1cnccn1. The predicted molar refractivity (Wildman–Crippen MR) is 110 cm³/mol. The zero-order valence-electron chi connectivity index (χ0n) is 16.1. The lowest BCUT2D eigenvalue weighted by atomic mass is 10.0. The normalized spacial score (nSPS) is 11.4. The molecular formula is C22H20F2N4O. The molecule has 7 heteroatoms. The number of amidine groups is 1. The van der Waals surface area contributed by atoms with Crippen LogP contribution >= 0.6 is 0 Å². The summed E-state index contributed by atoms with van der Waals surface area (Å²) < 4.78 is 29.6. The third-order valence-corrected chi connectivity index (χ3v) is 4.29. The number of aryl methyl sites for hydroxylation is 1. The molecule has 5 nitrogen and oxygen atoms in total. The smallest absolute Gasteiger partial charge is 0.387 e. The van der Waals surface area contributed by atoms with Gasteiger partial charge in [-0.2, -0.15) is 8.78 Å². The Morgan fingerprint density at radius 1 is 1.14 bits per heavy atom. The molecule has 2 aromatic carbocycles. The first-order valence-corrected chi connectivity index (χ1v) is 8.86. The minimum Gasteiger partial charge on any atom is -0.435 e. The van der Waals surface area contributed by atoms with E-state index in [1.807, 2.05) is 32.0 Å². The van der Waals surface area contributed by atoms with E-state index in [-0.39, 0.29) is 5.75 Å². The summed E-state index contributed by atoms with van der Waals surface area (Å²) in [7, 11) is 0. The molecule has 0 saturated heterocycles. The van der Waals surface area contributed by atoms with Gasteiger partial charge in [0, 0.05) is 29.7 Å². The third kappa shape index (κ3) is 5.22. The highest BCUT2D eigenvalue weighted by atomic mass is 19.3. The van der Waals surface area contributed by atoms with Crippen molar-refractivity contribution in [1.29, 1.82) is 0 Å². The van der Waals surface area contributed by atoms with Crippen molar-refractivity contribution in [3.05, 3.63) is 90.0 Å². The van der Waals surface area contributed by atoms with Crippen LogP contribution in [0.4, 0.5) is 14.5 Å². The number of rotatable bonds is 6. The van der Waals surface area contributed by atoms with E-state index >= 15 is 0 Å². The van der Waals surface area contributed by atoms with Crippen LogP contribution < -0.4 is 10.1 Å². The lowest BCUT2D eigenvalue weighted by Crippen LogP contribution is -2.16. The molecule has 29 heavy (non-hydrogen) atoms. The van der Waals surface area contributed by atoms with Gasteiger partial charge in [-0.3, -0.25) is 9.97 Å². The van der Waals surface area contributed by atoms with Gasteiger partial charge >= 0.3 is 6.61 Å². The van der Waals surface area contributed by atoms with Gasteiger partial charge in [-0.15, -0.1) is 0 Å². The largest absolute Gasteiger partial charge is 0.435 e. The van der Waals surface area contributed by atoms with Gasteiger partial charge in [0.25, 0.3) is 0 Å². The van der Waals surface area contributed by atoms with Gasteiger partial charge in [0.05, 0.1) is 11.9 Å². The Balaban J connectivity index is 2.01. The summed E-state index contributed by atoms with van der Waals surface area (Å²) in [6.07, 6.45) is 4.70. The summed E-state index contributed by atoms with van der Waals surface area (Å²) in [5, 5.41) is 3.19. The van der Waals surface area contributed by atoms with E-state index in [1.54, 1.807) is 30.7 Å². The molecular weight excluding hydrogens is 374 g/mol. The molecule has 0 aliphatic heterocycles. The highest BCUT2D eigenvalue weighted by molar-refractivity contribution is 6.11. The number of halogens is 2. The van der Waals surface area contributed by atoms with Gasteiger partial charge in [0.1, 0.15) is 17.3 Å². The number of hydrogen-bond acceptors (Lipinski definition) is 4. The lowest BCUT2D eigenvalue weighted by molar-refractivity contribution is -0.0497. The molecule has 0 bridgehead atoms. The lowest BCUT2D eigenvalue weighted by Gasteiger charge is -2.15. The molecule has 148 valence electrons. The first kappa shape index (κ1) is 20.1. The van der Waals surface area contributed by atoms with Gasteiger partial charge in [0.2, 0.25) is 0 Å². The number of aromatic nitrogens is 2. The van der Waals surface area contributed by atoms with Gasteiger partial charge in [-0.05, 0) is 37.1 Å². The second-order valence-corrected chi connectivity index (χ2v) is 6.28. The van der Waals surface area contributed by atoms with E-state index in [2.05, 4.69) is 31.6 Å². The maximum absolute atomic E-state index is 12.5. The van der Waals surface area contributed by atoms with Crippen LogP contribution in [-0.4, -0.2) is 22.4 Å². The Morgan fingerprint density at radius 3 is 2.66 bits per heavy atom. The van der Waals surface area contributed by atoms with E-state index in [0.29, 0.717) is 22.9 Å². The number of ether oxygens (including phenoxy) is 1. The molecule has 1 heterocycles. The first-order valence-electron chi connectivity index (χ1n) is 8.86.